The highest BCUT2D eigenvalue weighted by molar-refractivity contribution is 5.84. The lowest BCUT2D eigenvalue weighted by Gasteiger charge is -2.43. The van der Waals surface area contributed by atoms with Gasteiger partial charge >= 0.3 is 0 Å². The second kappa shape index (κ2) is 6.28. The average Bonchev–Trinajstić information content (AvgIpc) is 2.97. The highest BCUT2D eigenvalue weighted by Crippen LogP contribution is 2.33. The van der Waals surface area contributed by atoms with Crippen molar-refractivity contribution in [2.24, 2.45) is 0 Å². The number of aromatic nitrogens is 4. The smallest absolute Gasteiger partial charge is 0.242 e. The van der Waals surface area contributed by atoms with Gasteiger partial charge in [-0.3, -0.25) is 9.59 Å². The highest BCUT2D eigenvalue weighted by Gasteiger charge is 2.41. The molecule has 0 spiro atoms. The van der Waals surface area contributed by atoms with E-state index in [9.17, 15) is 14.7 Å². The summed E-state index contributed by atoms with van der Waals surface area (Å²) >= 11 is 0. The number of nitrogens with zero attached hydrogens (tertiary/aromatic N) is 5. The molecule has 1 saturated heterocycles. The fourth-order valence-electron chi connectivity index (χ4n) is 3.05. The van der Waals surface area contributed by atoms with Crippen LogP contribution in [0.15, 0.2) is 12.7 Å². The molecule has 1 fully saturated rings. The topological polar surface area (TPSA) is 139 Å². The number of nitrogen functional groups attached to an aromatic ring is 1. The third-order valence-corrected chi connectivity index (χ3v) is 4.56. The number of carbonyl (C=O) groups is 2. The summed E-state index contributed by atoms with van der Waals surface area (Å²) in [5.41, 5.74) is 5.74. The molecular formula is C15H21N7O3. The number of fused-ring (bicyclic) bond motifs is 1. The zero-order valence-corrected chi connectivity index (χ0v) is 14.1. The van der Waals surface area contributed by atoms with Gasteiger partial charge in [-0.1, -0.05) is 0 Å². The Labute approximate surface area is 144 Å². The van der Waals surface area contributed by atoms with Gasteiger partial charge in [-0.25, -0.2) is 15.0 Å². The number of amides is 2. The van der Waals surface area contributed by atoms with Crippen LogP contribution in [-0.2, 0) is 9.59 Å². The van der Waals surface area contributed by atoms with Crippen LogP contribution < -0.4 is 11.1 Å². The van der Waals surface area contributed by atoms with Crippen LogP contribution in [0.25, 0.3) is 11.2 Å². The van der Waals surface area contributed by atoms with E-state index in [1.165, 1.54) is 13.3 Å². The molecule has 2 aromatic heterocycles. The number of aliphatic hydroxyl groups is 1. The van der Waals surface area contributed by atoms with E-state index < -0.39 is 11.6 Å². The molecule has 2 amide bonds. The number of piperidine rings is 1. The fourth-order valence-corrected chi connectivity index (χ4v) is 3.05. The van der Waals surface area contributed by atoms with Crippen molar-refractivity contribution >= 4 is 28.8 Å². The van der Waals surface area contributed by atoms with Gasteiger partial charge in [0.2, 0.25) is 11.8 Å². The van der Waals surface area contributed by atoms with Crippen molar-refractivity contribution in [2.45, 2.75) is 31.9 Å². The number of imidazole rings is 1. The number of carbonyl (C=O) groups excluding carboxylic acids is 2. The monoisotopic (exact) mass is 347 g/mol. The summed E-state index contributed by atoms with van der Waals surface area (Å²) in [5, 5.41) is 13.3. The van der Waals surface area contributed by atoms with E-state index in [1.807, 2.05) is 0 Å². The third-order valence-electron chi connectivity index (χ3n) is 4.56. The van der Waals surface area contributed by atoms with Crippen LogP contribution in [0.4, 0.5) is 5.82 Å². The van der Waals surface area contributed by atoms with Crippen LogP contribution in [0.5, 0.6) is 0 Å². The van der Waals surface area contributed by atoms with Crippen LogP contribution in [0.2, 0.25) is 0 Å². The first-order valence-corrected chi connectivity index (χ1v) is 7.97. The number of hydrogen-bond acceptors (Lipinski definition) is 7. The predicted molar refractivity (Wildman–Crippen MR) is 89.3 cm³/mol. The number of anilines is 1. The molecule has 1 aliphatic rings. The van der Waals surface area contributed by atoms with E-state index in [2.05, 4.69) is 20.3 Å². The van der Waals surface area contributed by atoms with Crippen molar-refractivity contribution in [1.29, 1.82) is 0 Å². The number of hydrogen-bond donors (Lipinski definition) is 3. The number of likely N-dealkylation sites (tertiary alicyclic amines) is 1. The molecule has 3 rings (SSSR count). The predicted octanol–water partition coefficient (Wildman–Crippen LogP) is -0.931. The molecule has 0 bridgehead atoms. The average molecular weight is 347 g/mol. The summed E-state index contributed by atoms with van der Waals surface area (Å²) in [5.74, 6) is -0.200. The van der Waals surface area contributed by atoms with Crippen molar-refractivity contribution in [2.75, 3.05) is 25.4 Å². The van der Waals surface area contributed by atoms with Gasteiger partial charge in [0.05, 0.1) is 24.5 Å². The lowest BCUT2D eigenvalue weighted by Crippen LogP contribution is -2.54. The van der Waals surface area contributed by atoms with Crippen LogP contribution in [0.1, 0.15) is 26.3 Å². The Morgan fingerprint density at radius 3 is 2.92 bits per heavy atom. The molecule has 1 aliphatic heterocycles. The molecule has 3 heterocycles. The minimum atomic E-state index is -1.04. The molecule has 0 radical (unpaired) electrons. The Hall–Kier alpha value is -2.75. The molecule has 2 atom stereocenters. The van der Waals surface area contributed by atoms with E-state index in [0.717, 1.165) is 0 Å². The van der Waals surface area contributed by atoms with Crippen molar-refractivity contribution in [3.8, 4) is 0 Å². The first kappa shape index (κ1) is 17.1. The van der Waals surface area contributed by atoms with Crippen molar-refractivity contribution in [3.63, 3.8) is 0 Å². The Kier molecular flexibility index (Phi) is 4.29. The molecule has 2 aromatic rings. The van der Waals surface area contributed by atoms with Crippen molar-refractivity contribution < 1.29 is 14.7 Å². The summed E-state index contributed by atoms with van der Waals surface area (Å²) < 4.78 is 1.73. The van der Waals surface area contributed by atoms with Gasteiger partial charge in [0.15, 0.2) is 11.5 Å². The van der Waals surface area contributed by atoms with Crippen LogP contribution >= 0.6 is 0 Å². The second-order valence-electron chi connectivity index (χ2n) is 6.46. The largest absolute Gasteiger partial charge is 0.388 e. The molecule has 0 unspecified atom stereocenters. The van der Waals surface area contributed by atoms with Gasteiger partial charge in [-0.2, -0.15) is 0 Å². The number of rotatable bonds is 3. The molecule has 0 aliphatic carbocycles. The quantitative estimate of drug-likeness (QED) is 0.651. The molecule has 25 heavy (non-hydrogen) atoms. The summed E-state index contributed by atoms with van der Waals surface area (Å²) in [6.07, 6.45) is 3.29. The molecule has 0 saturated carbocycles. The van der Waals surface area contributed by atoms with Crippen LogP contribution in [0, 0.1) is 0 Å². The van der Waals surface area contributed by atoms with E-state index in [1.54, 1.807) is 22.7 Å². The van der Waals surface area contributed by atoms with Gasteiger partial charge in [0.25, 0.3) is 0 Å². The minimum Gasteiger partial charge on any atom is -0.388 e. The normalized spacial score (nSPS) is 23.6. The van der Waals surface area contributed by atoms with Crippen LogP contribution in [0.3, 0.4) is 0 Å². The molecule has 4 N–H and O–H groups in total. The summed E-state index contributed by atoms with van der Waals surface area (Å²) in [4.78, 5) is 37.3. The summed E-state index contributed by atoms with van der Waals surface area (Å²) in [7, 11) is 0. The standard InChI is InChI=1S/C15H21N7O3/c1-9(23)17-5-11(24)21-4-3-15(2,25)10(6-21)22-8-20-12-13(16)18-7-19-14(12)22/h7-8,10,25H,3-6H2,1-2H3,(H,17,23)(H2,16,18,19)/t10-,15-/m1/s1. The zero-order valence-electron chi connectivity index (χ0n) is 14.1. The molecule has 0 aromatic carbocycles. The lowest BCUT2D eigenvalue weighted by atomic mass is 9.88. The third kappa shape index (κ3) is 3.25. The zero-order chi connectivity index (χ0) is 18.2. The first-order valence-electron chi connectivity index (χ1n) is 7.97. The molecule has 134 valence electrons. The van der Waals surface area contributed by atoms with Crippen LogP contribution in [-0.4, -0.2) is 66.6 Å². The Morgan fingerprint density at radius 2 is 2.20 bits per heavy atom. The van der Waals surface area contributed by atoms with Gasteiger partial charge in [-0.05, 0) is 13.3 Å². The fraction of sp³-hybridized carbons (Fsp3) is 0.533. The Balaban J connectivity index is 1.88. The van der Waals surface area contributed by atoms with Gasteiger partial charge < -0.3 is 25.6 Å². The van der Waals surface area contributed by atoms with E-state index in [4.69, 9.17) is 5.73 Å². The van der Waals surface area contributed by atoms with Crippen molar-refractivity contribution in [3.05, 3.63) is 12.7 Å². The summed E-state index contributed by atoms with van der Waals surface area (Å²) in [6.45, 7) is 3.71. The SMILES string of the molecule is CC(=O)NCC(=O)N1CC[C@@](C)(O)[C@H](n2cnc3c(N)ncnc32)C1. The maximum Gasteiger partial charge on any atom is 0.242 e. The molecule has 10 nitrogen and oxygen atoms in total. The van der Waals surface area contributed by atoms with Gasteiger partial charge in [0, 0.05) is 20.0 Å². The van der Waals surface area contributed by atoms with Crippen molar-refractivity contribution in [1.82, 2.24) is 29.7 Å². The maximum atomic E-state index is 12.3. The van der Waals surface area contributed by atoms with Gasteiger partial charge in [-0.15, -0.1) is 0 Å². The lowest BCUT2D eigenvalue weighted by molar-refractivity contribution is -0.138. The first-order chi connectivity index (χ1) is 11.8. The number of nitrogens with one attached hydrogen (secondary N) is 1. The second-order valence-corrected chi connectivity index (χ2v) is 6.46. The van der Waals surface area contributed by atoms with E-state index >= 15 is 0 Å². The molecular weight excluding hydrogens is 326 g/mol. The highest BCUT2D eigenvalue weighted by atomic mass is 16.3. The summed E-state index contributed by atoms with van der Waals surface area (Å²) in [6, 6.07) is -0.443. The van der Waals surface area contributed by atoms with E-state index in [0.29, 0.717) is 24.1 Å². The van der Waals surface area contributed by atoms with E-state index in [-0.39, 0.29) is 30.7 Å². The Morgan fingerprint density at radius 1 is 1.44 bits per heavy atom. The maximum absolute atomic E-state index is 12.3. The molecule has 10 heteroatoms. The van der Waals surface area contributed by atoms with Gasteiger partial charge in [0.1, 0.15) is 11.8 Å². The Bertz CT molecular complexity index is 817. The number of nitrogens with two attached hydrogens (primary N) is 1. The minimum absolute atomic E-state index is 0.0655.